The summed E-state index contributed by atoms with van der Waals surface area (Å²) in [7, 11) is 1.72. The molecule has 3 nitrogen and oxygen atoms in total. The van der Waals surface area contributed by atoms with Crippen LogP contribution in [0.25, 0.3) is 0 Å². The maximum atomic E-state index is 6.05. The molecule has 0 spiro atoms. The van der Waals surface area contributed by atoms with E-state index in [1.807, 2.05) is 18.2 Å². The monoisotopic (exact) mass is 283 g/mol. The Kier molecular flexibility index (Phi) is 5.95. The van der Waals surface area contributed by atoms with Crippen molar-refractivity contribution in [3.8, 4) is 5.75 Å². The summed E-state index contributed by atoms with van der Waals surface area (Å²) >= 11 is 6.05. The minimum absolute atomic E-state index is 0.688. The summed E-state index contributed by atoms with van der Waals surface area (Å²) in [6, 6.07) is 6.52. The Balaban J connectivity index is 1.82. The molecule has 1 aromatic carbocycles. The fraction of sp³-hybridized carbons (Fsp3) is 0.600. The predicted octanol–water partition coefficient (Wildman–Crippen LogP) is 3.40. The zero-order valence-corrected chi connectivity index (χ0v) is 12.2. The normalized spacial score (nSPS) is 14.6. The largest absolute Gasteiger partial charge is 0.493 e. The number of nitrogens with one attached hydrogen (secondary N) is 1. The van der Waals surface area contributed by atoms with E-state index in [9.17, 15) is 0 Å². The third kappa shape index (κ3) is 5.39. The van der Waals surface area contributed by atoms with E-state index in [-0.39, 0.29) is 0 Å². The van der Waals surface area contributed by atoms with E-state index < -0.39 is 0 Å². The van der Waals surface area contributed by atoms with Crippen molar-refractivity contribution in [2.75, 3.05) is 20.3 Å². The molecule has 0 atom stereocenters. The first-order valence-corrected chi connectivity index (χ1v) is 7.31. The Hall–Kier alpha value is -0.770. The zero-order valence-electron chi connectivity index (χ0n) is 11.5. The highest BCUT2D eigenvalue weighted by atomic mass is 35.5. The number of hydrogen-bond acceptors (Lipinski definition) is 3. The summed E-state index contributed by atoms with van der Waals surface area (Å²) in [5, 5.41) is 4.26. The average molecular weight is 284 g/mol. The Morgan fingerprint density at radius 1 is 1.26 bits per heavy atom. The third-order valence-electron chi connectivity index (χ3n) is 3.18. The Labute approximate surface area is 120 Å². The number of benzene rings is 1. The van der Waals surface area contributed by atoms with Gasteiger partial charge in [0.05, 0.1) is 6.61 Å². The second-order valence-corrected chi connectivity index (χ2v) is 5.39. The van der Waals surface area contributed by atoms with E-state index in [2.05, 4.69) is 5.32 Å². The van der Waals surface area contributed by atoms with Crippen LogP contribution in [0.1, 0.15) is 31.2 Å². The highest BCUT2D eigenvalue weighted by Gasteiger charge is 2.20. The smallest absolute Gasteiger partial charge is 0.123 e. The lowest BCUT2D eigenvalue weighted by molar-refractivity contribution is 0.184. The Morgan fingerprint density at radius 3 is 2.79 bits per heavy atom. The number of unbranched alkanes of at least 4 members (excludes halogenated alkanes) is 1. The first kappa shape index (κ1) is 14.6. The molecule has 1 aromatic rings. The first-order valence-electron chi connectivity index (χ1n) is 6.93. The van der Waals surface area contributed by atoms with Crippen LogP contribution in [0.3, 0.4) is 0 Å². The highest BCUT2D eigenvalue weighted by molar-refractivity contribution is 6.30. The molecule has 4 heteroatoms. The van der Waals surface area contributed by atoms with E-state index in [1.54, 1.807) is 7.11 Å². The van der Waals surface area contributed by atoms with E-state index in [0.29, 0.717) is 6.04 Å². The maximum absolute atomic E-state index is 6.05. The first-order chi connectivity index (χ1) is 9.29. The van der Waals surface area contributed by atoms with Gasteiger partial charge in [-0.2, -0.15) is 0 Å². The van der Waals surface area contributed by atoms with Crippen LogP contribution < -0.4 is 10.1 Å². The quantitative estimate of drug-likeness (QED) is 0.705. The second kappa shape index (κ2) is 7.73. The van der Waals surface area contributed by atoms with Gasteiger partial charge in [0.25, 0.3) is 0 Å². The van der Waals surface area contributed by atoms with Gasteiger partial charge in [-0.25, -0.2) is 0 Å². The van der Waals surface area contributed by atoms with Gasteiger partial charge in [0.15, 0.2) is 0 Å². The SMILES string of the molecule is COCCCCOc1ccc(Cl)cc1CNC1CC1. The summed E-state index contributed by atoms with van der Waals surface area (Å²) < 4.78 is 10.9. The molecule has 0 bridgehead atoms. The van der Waals surface area contributed by atoms with Crippen LogP contribution in [-0.4, -0.2) is 26.4 Å². The van der Waals surface area contributed by atoms with Gasteiger partial charge >= 0.3 is 0 Å². The molecule has 0 aliphatic heterocycles. The molecule has 1 saturated carbocycles. The number of methoxy groups -OCH3 is 1. The fourth-order valence-electron chi connectivity index (χ4n) is 1.90. The van der Waals surface area contributed by atoms with Crippen molar-refractivity contribution >= 4 is 11.6 Å². The van der Waals surface area contributed by atoms with E-state index in [1.165, 1.54) is 12.8 Å². The summed E-state index contributed by atoms with van der Waals surface area (Å²) in [6.07, 6.45) is 4.60. The lowest BCUT2D eigenvalue weighted by Crippen LogP contribution is -2.16. The third-order valence-corrected chi connectivity index (χ3v) is 3.42. The number of halogens is 1. The standard InChI is InChI=1S/C15H22ClNO2/c1-18-8-2-3-9-19-15-7-4-13(16)10-12(15)11-17-14-5-6-14/h4,7,10,14,17H,2-3,5-6,8-9,11H2,1H3. The average Bonchev–Trinajstić information content (AvgIpc) is 3.22. The molecular weight excluding hydrogens is 262 g/mol. The topological polar surface area (TPSA) is 30.5 Å². The van der Waals surface area contributed by atoms with E-state index >= 15 is 0 Å². The molecule has 0 saturated heterocycles. The lowest BCUT2D eigenvalue weighted by atomic mass is 10.2. The van der Waals surface area contributed by atoms with Gasteiger partial charge in [-0.05, 0) is 43.9 Å². The van der Waals surface area contributed by atoms with Crippen molar-refractivity contribution in [2.45, 2.75) is 38.3 Å². The Morgan fingerprint density at radius 2 is 2.05 bits per heavy atom. The van der Waals surface area contributed by atoms with Gasteiger partial charge in [0, 0.05) is 36.9 Å². The number of hydrogen-bond donors (Lipinski definition) is 1. The minimum Gasteiger partial charge on any atom is -0.493 e. The van der Waals surface area contributed by atoms with Crippen molar-refractivity contribution in [3.05, 3.63) is 28.8 Å². The lowest BCUT2D eigenvalue weighted by Gasteiger charge is -2.12. The molecule has 2 rings (SSSR count). The molecule has 0 aromatic heterocycles. The van der Waals surface area contributed by atoms with Crippen molar-refractivity contribution in [1.29, 1.82) is 0 Å². The summed E-state index contributed by atoms with van der Waals surface area (Å²) in [6.45, 7) is 2.35. The van der Waals surface area contributed by atoms with Crippen LogP contribution in [0, 0.1) is 0 Å². The van der Waals surface area contributed by atoms with Crippen LogP contribution in [0.15, 0.2) is 18.2 Å². The molecule has 0 amide bonds. The second-order valence-electron chi connectivity index (χ2n) is 4.96. The minimum atomic E-state index is 0.688. The summed E-state index contributed by atoms with van der Waals surface area (Å²) in [5.74, 6) is 0.940. The molecule has 0 radical (unpaired) electrons. The molecular formula is C15H22ClNO2. The molecule has 0 heterocycles. The van der Waals surface area contributed by atoms with Gasteiger partial charge in [-0.3, -0.25) is 0 Å². The molecule has 106 valence electrons. The molecule has 1 aliphatic carbocycles. The van der Waals surface area contributed by atoms with Gasteiger partial charge in [0.1, 0.15) is 5.75 Å². The van der Waals surface area contributed by atoms with Gasteiger partial charge in [-0.15, -0.1) is 0 Å². The molecule has 1 N–H and O–H groups in total. The van der Waals surface area contributed by atoms with Crippen molar-refractivity contribution in [3.63, 3.8) is 0 Å². The van der Waals surface area contributed by atoms with Crippen LogP contribution in [0.4, 0.5) is 0 Å². The molecule has 1 fully saturated rings. The van der Waals surface area contributed by atoms with Crippen LogP contribution in [0.2, 0.25) is 5.02 Å². The molecule has 1 aliphatic rings. The van der Waals surface area contributed by atoms with Gasteiger partial charge in [0.2, 0.25) is 0 Å². The predicted molar refractivity (Wildman–Crippen MR) is 77.9 cm³/mol. The van der Waals surface area contributed by atoms with Crippen LogP contribution >= 0.6 is 11.6 Å². The van der Waals surface area contributed by atoms with Crippen molar-refractivity contribution in [1.82, 2.24) is 5.32 Å². The zero-order chi connectivity index (χ0) is 13.5. The summed E-state index contributed by atoms with van der Waals surface area (Å²) in [4.78, 5) is 0. The fourth-order valence-corrected chi connectivity index (χ4v) is 2.09. The number of ether oxygens (including phenoxy) is 2. The number of rotatable bonds is 9. The van der Waals surface area contributed by atoms with Crippen molar-refractivity contribution in [2.24, 2.45) is 0 Å². The van der Waals surface area contributed by atoms with Crippen molar-refractivity contribution < 1.29 is 9.47 Å². The molecule has 0 unspecified atom stereocenters. The maximum Gasteiger partial charge on any atom is 0.123 e. The van der Waals surface area contributed by atoms with Crippen LogP contribution in [-0.2, 0) is 11.3 Å². The Bertz CT molecular complexity index is 394. The van der Waals surface area contributed by atoms with E-state index in [4.69, 9.17) is 21.1 Å². The van der Waals surface area contributed by atoms with Gasteiger partial charge < -0.3 is 14.8 Å². The highest BCUT2D eigenvalue weighted by Crippen LogP contribution is 2.25. The van der Waals surface area contributed by atoms with Crippen LogP contribution in [0.5, 0.6) is 5.75 Å². The van der Waals surface area contributed by atoms with E-state index in [0.717, 1.165) is 48.9 Å². The molecule has 19 heavy (non-hydrogen) atoms. The summed E-state index contributed by atoms with van der Waals surface area (Å²) in [5.41, 5.74) is 1.14. The van der Waals surface area contributed by atoms with Gasteiger partial charge in [-0.1, -0.05) is 11.6 Å².